The molecule has 122 valence electrons. The maximum atomic E-state index is 5.72. The Morgan fingerprint density at radius 2 is 1.60 bits per heavy atom. The highest BCUT2D eigenvalue weighted by Gasteiger charge is 2.19. The Bertz CT molecular complexity index is 1040. The van der Waals surface area contributed by atoms with E-state index in [0.717, 1.165) is 11.1 Å². The van der Waals surface area contributed by atoms with Gasteiger partial charge in [-0.3, -0.25) is 0 Å². The largest absolute Gasteiger partial charge is 0.454 e. The zero-order valence-electron chi connectivity index (χ0n) is 12.9. The lowest BCUT2D eigenvalue weighted by atomic mass is 10.2. The lowest BCUT2D eigenvalue weighted by Gasteiger charge is -1.97. The number of hydrogen-bond acceptors (Lipinski definition) is 7. The molecule has 0 spiro atoms. The maximum Gasteiger partial charge on any atom is 0.270 e. The average Bonchev–Trinajstić information content (AvgIpc) is 3.40. The molecule has 0 radical (unpaired) electrons. The van der Waals surface area contributed by atoms with E-state index in [1.807, 2.05) is 42.5 Å². The number of aromatic nitrogens is 3. The summed E-state index contributed by atoms with van der Waals surface area (Å²) in [5.41, 5.74) is 2.16. The minimum atomic E-state index is 0.217. The number of ether oxygens (including phenoxy) is 2. The molecule has 0 aliphatic carbocycles. The zero-order chi connectivity index (χ0) is 16.6. The topological polar surface area (TPSA) is 83.4 Å². The first-order valence-corrected chi connectivity index (χ1v) is 7.63. The molecule has 0 saturated carbocycles. The van der Waals surface area contributed by atoms with Crippen LogP contribution in [0.3, 0.4) is 0 Å². The van der Waals surface area contributed by atoms with Gasteiger partial charge in [0.25, 0.3) is 5.89 Å². The molecule has 2 aromatic heterocycles. The fraction of sp³-hybridized carbons (Fsp3) is 0.0556. The van der Waals surface area contributed by atoms with Gasteiger partial charge in [-0.2, -0.15) is 0 Å². The van der Waals surface area contributed by atoms with Crippen molar-refractivity contribution in [2.75, 3.05) is 6.79 Å². The minimum Gasteiger partial charge on any atom is -0.454 e. The monoisotopic (exact) mass is 333 g/mol. The first-order valence-electron chi connectivity index (χ1n) is 7.63. The first-order chi connectivity index (χ1) is 12.4. The van der Waals surface area contributed by atoms with Crippen LogP contribution in [0.5, 0.6) is 11.5 Å². The summed E-state index contributed by atoms with van der Waals surface area (Å²) in [4.78, 5) is 0. The van der Waals surface area contributed by atoms with Crippen LogP contribution >= 0.6 is 0 Å². The van der Waals surface area contributed by atoms with Crippen molar-refractivity contribution in [2.24, 2.45) is 0 Å². The van der Waals surface area contributed by atoms with E-state index in [1.165, 1.54) is 0 Å². The molecule has 0 unspecified atom stereocenters. The summed E-state index contributed by atoms with van der Waals surface area (Å²) < 4.78 is 21.8. The summed E-state index contributed by atoms with van der Waals surface area (Å²) in [7, 11) is 0. The van der Waals surface area contributed by atoms with Crippen LogP contribution in [0, 0.1) is 0 Å². The second-order valence-electron chi connectivity index (χ2n) is 5.42. The van der Waals surface area contributed by atoms with Gasteiger partial charge in [-0.1, -0.05) is 35.5 Å². The van der Waals surface area contributed by atoms with E-state index in [4.69, 9.17) is 18.4 Å². The van der Waals surface area contributed by atoms with Crippen molar-refractivity contribution >= 4 is 0 Å². The summed E-state index contributed by atoms with van der Waals surface area (Å²) in [5, 5.41) is 12.1. The molecule has 0 N–H and O–H groups in total. The van der Waals surface area contributed by atoms with E-state index in [-0.39, 0.29) is 6.79 Å². The molecule has 4 aromatic rings. The molecular weight excluding hydrogens is 322 g/mol. The molecule has 3 heterocycles. The van der Waals surface area contributed by atoms with Crippen molar-refractivity contribution in [1.29, 1.82) is 0 Å². The van der Waals surface area contributed by atoms with Crippen LogP contribution < -0.4 is 9.47 Å². The molecule has 5 rings (SSSR count). The highest BCUT2D eigenvalue weighted by atomic mass is 16.7. The number of hydrogen-bond donors (Lipinski definition) is 0. The van der Waals surface area contributed by atoms with Gasteiger partial charge in [0, 0.05) is 17.2 Å². The Labute approximate surface area is 141 Å². The highest BCUT2D eigenvalue weighted by Crippen LogP contribution is 2.36. The van der Waals surface area contributed by atoms with E-state index in [1.54, 1.807) is 12.1 Å². The van der Waals surface area contributed by atoms with Gasteiger partial charge in [0.1, 0.15) is 0 Å². The van der Waals surface area contributed by atoms with Gasteiger partial charge in [-0.25, -0.2) is 0 Å². The van der Waals surface area contributed by atoms with Crippen LogP contribution in [0.4, 0.5) is 0 Å². The fourth-order valence-electron chi connectivity index (χ4n) is 2.59. The molecule has 7 nitrogen and oxygen atoms in total. The molecule has 7 heteroatoms. The number of nitrogens with zero attached hydrogens (tertiary/aromatic N) is 3. The standard InChI is InChI=1S/C18H11N3O4/c1-2-4-11(5-3-1)15-9-13(21-25-15)18-20-19-17(24-18)12-6-7-14-16(8-12)23-10-22-14/h1-9H,10H2. The van der Waals surface area contributed by atoms with Gasteiger partial charge in [0.05, 0.1) is 0 Å². The normalized spacial score (nSPS) is 12.5. The molecule has 0 amide bonds. The molecule has 0 atom stereocenters. The van der Waals surface area contributed by atoms with Gasteiger partial charge in [-0.15, -0.1) is 10.2 Å². The van der Waals surface area contributed by atoms with Crippen molar-refractivity contribution in [2.45, 2.75) is 0 Å². The van der Waals surface area contributed by atoms with Crippen molar-refractivity contribution in [3.63, 3.8) is 0 Å². The van der Waals surface area contributed by atoms with Crippen LogP contribution in [0.2, 0.25) is 0 Å². The maximum absolute atomic E-state index is 5.72. The third-order valence-corrected chi connectivity index (χ3v) is 3.83. The van der Waals surface area contributed by atoms with E-state index < -0.39 is 0 Å². The zero-order valence-corrected chi connectivity index (χ0v) is 12.9. The van der Waals surface area contributed by atoms with Crippen LogP contribution in [-0.2, 0) is 0 Å². The van der Waals surface area contributed by atoms with Crippen molar-refractivity contribution < 1.29 is 18.4 Å². The van der Waals surface area contributed by atoms with Crippen LogP contribution in [-0.4, -0.2) is 22.1 Å². The van der Waals surface area contributed by atoms with E-state index in [9.17, 15) is 0 Å². The predicted molar refractivity (Wildman–Crippen MR) is 86.8 cm³/mol. The Hall–Kier alpha value is -3.61. The lowest BCUT2D eigenvalue weighted by Crippen LogP contribution is -1.92. The van der Waals surface area contributed by atoms with Crippen molar-refractivity contribution in [3.8, 4) is 45.9 Å². The van der Waals surface area contributed by atoms with Crippen LogP contribution in [0.25, 0.3) is 34.4 Å². The molecule has 25 heavy (non-hydrogen) atoms. The molecule has 0 fully saturated rings. The second kappa shape index (κ2) is 5.48. The van der Waals surface area contributed by atoms with Crippen LogP contribution in [0.15, 0.2) is 63.5 Å². The molecule has 1 aliphatic rings. The Kier molecular flexibility index (Phi) is 3.03. The third-order valence-electron chi connectivity index (χ3n) is 3.83. The Morgan fingerprint density at radius 3 is 2.52 bits per heavy atom. The SMILES string of the molecule is c1ccc(-c2cc(-c3nnc(-c4ccc5c(c4)OCO5)o3)no2)cc1. The second-order valence-corrected chi connectivity index (χ2v) is 5.42. The van der Waals surface area contributed by atoms with Crippen LogP contribution in [0.1, 0.15) is 0 Å². The third kappa shape index (κ3) is 2.42. The molecule has 0 saturated heterocycles. The summed E-state index contributed by atoms with van der Waals surface area (Å²) in [6.45, 7) is 0.217. The molecule has 2 aromatic carbocycles. The number of fused-ring (bicyclic) bond motifs is 1. The average molecular weight is 333 g/mol. The highest BCUT2D eigenvalue weighted by molar-refractivity contribution is 5.64. The predicted octanol–water partition coefficient (Wildman–Crippen LogP) is 3.79. The fourth-order valence-corrected chi connectivity index (χ4v) is 2.59. The smallest absolute Gasteiger partial charge is 0.270 e. The first kappa shape index (κ1) is 13.8. The Balaban J connectivity index is 1.46. The van der Waals surface area contributed by atoms with Crippen molar-refractivity contribution in [1.82, 2.24) is 15.4 Å². The van der Waals surface area contributed by atoms with Gasteiger partial charge in [0.15, 0.2) is 23.0 Å². The van der Waals surface area contributed by atoms with Gasteiger partial charge in [-0.05, 0) is 18.2 Å². The van der Waals surface area contributed by atoms with Crippen molar-refractivity contribution in [3.05, 3.63) is 54.6 Å². The number of benzene rings is 2. The summed E-state index contributed by atoms with van der Waals surface area (Å²) in [6.07, 6.45) is 0. The van der Waals surface area contributed by atoms with E-state index in [2.05, 4.69) is 15.4 Å². The minimum absolute atomic E-state index is 0.217. The number of rotatable bonds is 3. The van der Waals surface area contributed by atoms with Gasteiger partial charge in [0.2, 0.25) is 12.7 Å². The van der Waals surface area contributed by atoms with Gasteiger partial charge < -0.3 is 18.4 Å². The summed E-state index contributed by atoms with van der Waals surface area (Å²) >= 11 is 0. The lowest BCUT2D eigenvalue weighted by molar-refractivity contribution is 0.174. The quantitative estimate of drug-likeness (QED) is 0.564. The molecular formula is C18H11N3O4. The summed E-state index contributed by atoms with van der Waals surface area (Å²) in [5.74, 6) is 2.66. The Morgan fingerprint density at radius 1 is 0.760 bits per heavy atom. The molecule has 0 bridgehead atoms. The molecule has 1 aliphatic heterocycles. The van der Waals surface area contributed by atoms with E-state index in [0.29, 0.717) is 34.7 Å². The summed E-state index contributed by atoms with van der Waals surface area (Å²) in [6, 6.07) is 16.9. The van der Waals surface area contributed by atoms with Gasteiger partial charge >= 0.3 is 0 Å². The van der Waals surface area contributed by atoms with E-state index >= 15 is 0 Å².